The summed E-state index contributed by atoms with van der Waals surface area (Å²) in [4.78, 5) is 2.16. The van der Waals surface area contributed by atoms with Crippen LogP contribution in [-0.2, 0) is 13.1 Å². The van der Waals surface area contributed by atoms with Crippen molar-refractivity contribution in [2.75, 3.05) is 17.7 Å². The molecule has 1 heterocycles. The van der Waals surface area contributed by atoms with Gasteiger partial charge in [0.2, 0.25) is 0 Å². The maximum atomic E-state index is 6.19. The summed E-state index contributed by atoms with van der Waals surface area (Å²) in [5.74, 6) is 1.00. The van der Waals surface area contributed by atoms with E-state index in [1.54, 1.807) is 0 Å². The molecule has 2 aromatic rings. The van der Waals surface area contributed by atoms with E-state index in [4.69, 9.17) is 5.73 Å². The van der Waals surface area contributed by atoms with Gasteiger partial charge in [-0.1, -0.05) is 41.1 Å². The molecule has 0 amide bonds. The van der Waals surface area contributed by atoms with E-state index in [-0.39, 0.29) is 0 Å². The molecule has 2 N–H and O–H groups in total. The number of nitrogens with two attached hydrogens (primary N) is 1. The molecule has 0 fully saturated rings. The average Bonchev–Trinajstić information content (AvgIpc) is 2.68. The topological polar surface area (TPSA) is 47.1 Å². The van der Waals surface area contributed by atoms with Crippen molar-refractivity contribution >= 4 is 27.4 Å². The molecule has 1 aromatic heterocycles. The standard InChI is InChI=1S/C15H21BrN4/c1-4-9-20-15(14(17)11(2)18-20)19(3)10-12-7-5-6-8-13(12)16/h5-8H,4,9-10,17H2,1-3H3. The minimum absolute atomic E-state index is 0.771. The Bertz CT molecular complexity index is 592. The van der Waals surface area contributed by atoms with Crippen molar-refractivity contribution in [1.82, 2.24) is 9.78 Å². The highest BCUT2D eigenvalue weighted by Gasteiger charge is 2.16. The minimum atomic E-state index is 0.771. The molecule has 0 aliphatic rings. The Balaban J connectivity index is 2.29. The number of aryl methyl sites for hydroxylation is 2. The average molecular weight is 337 g/mol. The van der Waals surface area contributed by atoms with Crippen molar-refractivity contribution in [3.63, 3.8) is 0 Å². The Morgan fingerprint density at radius 2 is 2.05 bits per heavy atom. The van der Waals surface area contributed by atoms with Gasteiger partial charge >= 0.3 is 0 Å². The number of rotatable bonds is 5. The zero-order valence-corrected chi connectivity index (χ0v) is 13.8. The van der Waals surface area contributed by atoms with Gasteiger partial charge in [-0.2, -0.15) is 5.10 Å². The molecule has 2 rings (SSSR count). The van der Waals surface area contributed by atoms with Crippen LogP contribution in [0.3, 0.4) is 0 Å². The molecule has 0 saturated heterocycles. The van der Waals surface area contributed by atoms with Crippen molar-refractivity contribution in [1.29, 1.82) is 0 Å². The SMILES string of the molecule is CCCn1nc(C)c(N)c1N(C)Cc1ccccc1Br. The summed E-state index contributed by atoms with van der Waals surface area (Å²) in [6, 6.07) is 8.24. The molecular formula is C15H21BrN4. The van der Waals surface area contributed by atoms with Gasteiger partial charge in [0.1, 0.15) is 0 Å². The number of nitrogen functional groups attached to an aromatic ring is 1. The van der Waals surface area contributed by atoms with E-state index in [0.29, 0.717) is 0 Å². The Kier molecular flexibility index (Phi) is 4.70. The Hall–Kier alpha value is -1.49. The van der Waals surface area contributed by atoms with E-state index < -0.39 is 0 Å². The molecule has 4 nitrogen and oxygen atoms in total. The first-order valence-corrected chi connectivity index (χ1v) is 7.61. The summed E-state index contributed by atoms with van der Waals surface area (Å²) in [7, 11) is 2.05. The minimum Gasteiger partial charge on any atom is -0.394 e. The predicted molar refractivity (Wildman–Crippen MR) is 87.9 cm³/mol. The van der Waals surface area contributed by atoms with Crippen LogP contribution in [-0.4, -0.2) is 16.8 Å². The van der Waals surface area contributed by atoms with Gasteiger partial charge in [-0.25, -0.2) is 4.68 Å². The number of aromatic nitrogens is 2. The van der Waals surface area contributed by atoms with Crippen LogP contribution in [0.2, 0.25) is 0 Å². The molecule has 0 saturated carbocycles. The molecule has 0 unspecified atom stereocenters. The second kappa shape index (κ2) is 6.31. The molecule has 0 aliphatic carbocycles. The molecule has 5 heteroatoms. The van der Waals surface area contributed by atoms with Crippen molar-refractivity contribution in [2.24, 2.45) is 0 Å². The summed E-state index contributed by atoms with van der Waals surface area (Å²) in [5.41, 5.74) is 9.09. The van der Waals surface area contributed by atoms with E-state index in [1.165, 1.54) is 5.56 Å². The number of benzene rings is 1. The lowest BCUT2D eigenvalue weighted by Gasteiger charge is -2.21. The van der Waals surface area contributed by atoms with Gasteiger partial charge in [-0.3, -0.25) is 0 Å². The third-order valence-corrected chi connectivity index (χ3v) is 4.08. The second-order valence-electron chi connectivity index (χ2n) is 4.99. The zero-order chi connectivity index (χ0) is 14.7. The van der Waals surface area contributed by atoms with Gasteiger partial charge in [0, 0.05) is 24.6 Å². The number of anilines is 2. The number of hydrogen-bond donors (Lipinski definition) is 1. The maximum Gasteiger partial charge on any atom is 0.150 e. The van der Waals surface area contributed by atoms with Crippen molar-refractivity contribution in [3.8, 4) is 0 Å². The van der Waals surface area contributed by atoms with Gasteiger partial charge in [0.15, 0.2) is 5.82 Å². The molecule has 108 valence electrons. The van der Waals surface area contributed by atoms with Gasteiger partial charge in [0.25, 0.3) is 0 Å². The van der Waals surface area contributed by atoms with Crippen LogP contribution in [0.15, 0.2) is 28.7 Å². The van der Waals surface area contributed by atoms with E-state index >= 15 is 0 Å². The van der Waals surface area contributed by atoms with Gasteiger partial charge in [-0.15, -0.1) is 0 Å². The van der Waals surface area contributed by atoms with Gasteiger partial charge in [-0.05, 0) is 25.0 Å². The molecule has 0 aliphatic heterocycles. The molecule has 0 bridgehead atoms. The summed E-state index contributed by atoms with van der Waals surface area (Å²) >= 11 is 3.59. The number of hydrogen-bond acceptors (Lipinski definition) is 3. The highest BCUT2D eigenvalue weighted by Crippen LogP contribution is 2.28. The predicted octanol–water partition coefficient (Wildman–Crippen LogP) is 3.58. The van der Waals surface area contributed by atoms with Crippen molar-refractivity contribution in [3.05, 3.63) is 40.0 Å². The van der Waals surface area contributed by atoms with Crippen LogP contribution in [0.25, 0.3) is 0 Å². The van der Waals surface area contributed by atoms with Crippen LogP contribution in [0, 0.1) is 6.92 Å². The highest BCUT2D eigenvalue weighted by molar-refractivity contribution is 9.10. The van der Waals surface area contributed by atoms with E-state index in [2.05, 4.69) is 52.0 Å². The zero-order valence-electron chi connectivity index (χ0n) is 12.2. The third kappa shape index (κ3) is 2.98. The first-order valence-electron chi connectivity index (χ1n) is 6.82. The second-order valence-corrected chi connectivity index (χ2v) is 5.85. The van der Waals surface area contributed by atoms with E-state index in [1.807, 2.05) is 23.7 Å². The Labute approximate surface area is 128 Å². The monoisotopic (exact) mass is 336 g/mol. The first kappa shape index (κ1) is 14.9. The van der Waals surface area contributed by atoms with Crippen LogP contribution < -0.4 is 10.6 Å². The third-order valence-electron chi connectivity index (χ3n) is 3.31. The van der Waals surface area contributed by atoms with Crippen LogP contribution in [0.1, 0.15) is 24.6 Å². The van der Waals surface area contributed by atoms with Crippen molar-refractivity contribution in [2.45, 2.75) is 33.4 Å². The first-order chi connectivity index (χ1) is 9.54. The molecule has 0 spiro atoms. The highest BCUT2D eigenvalue weighted by atomic mass is 79.9. The molecule has 0 radical (unpaired) electrons. The largest absolute Gasteiger partial charge is 0.394 e. The maximum absolute atomic E-state index is 6.19. The summed E-state index contributed by atoms with van der Waals surface area (Å²) in [5, 5.41) is 4.52. The lowest BCUT2D eigenvalue weighted by molar-refractivity contribution is 0.591. The smallest absolute Gasteiger partial charge is 0.150 e. The van der Waals surface area contributed by atoms with Crippen LogP contribution in [0.4, 0.5) is 11.5 Å². The fraction of sp³-hybridized carbons (Fsp3) is 0.400. The molecule has 0 atom stereocenters. The van der Waals surface area contributed by atoms with Crippen LogP contribution in [0.5, 0.6) is 0 Å². The lowest BCUT2D eigenvalue weighted by atomic mass is 10.2. The number of halogens is 1. The fourth-order valence-electron chi connectivity index (χ4n) is 2.31. The summed E-state index contributed by atoms with van der Waals surface area (Å²) < 4.78 is 3.12. The molecule has 20 heavy (non-hydrogen) atoms. The Morgan fingerprint density at radius 1 is 1.35 bits per heavy atom. The summed E-state index contributed by atoms with van der Waals surface area (Å²) in [6.07, 6.45) is 1.04. The van der Waals surface area contributed by atoms with Crippen molar-refractivity contribution < 1.29 is 0 Å². The Morgan fingerprint density at radius 3 is 2.70 bits per heavy atom. The normalized spacial score (nSPS) is 10.8. The van der Waals surface area contributed by atoms with E-state index in [0.717, 1.165) is 41.2 Å². The summed E-state index contributed by atoms with van der Waals surface area (Å²) in [6.45, 7) is 5.77. The molecule has 1 aromatic carbocycles. The van der Waals surface area contributed by atoms with Gasteiger partial charge in [0.05, 0.1) is 11.4 Å². The quantitative estimate of drug-likeness (QED) is 0.907. The molecular weight excluding hydrogens is 316 g/mol. The lowest BCUT2D eigenvalue weighted by Crippen LogP contribution is -2.21. The van der Waals surface area contributed by atoms with Crippen LogP contribution >= 0.6 is 15.9 Å². The van der Waals surface area contributed by atoms with E-state index in [9.17, 15) is 0 Å². The van der Waals surface area contributed by atoms with Gasteiger partial charge < -0.3 is 10.6 Å². The fourth-order valence-corrected chi connectivity index (χ4v) is 2.72. The number of nitrogens with zero attached hydrogens (tertiary/aromatic N) is 3.